The van der Waals surface area contributed by atoms with Gasteiger partial charge in [-0.25, -0.2) is 0 Å². The van der Waals surface area contributed by atoms with E-state index in [9.17, 15) is 0 Å². The Morgan fingerprint density at radius 3 is 2.00 bits per heavy atom. The summed E-state index contributed by atoms with van der Waals surface area (Å²) < 4.78 is 0. The van der Waals surface area contributed by atoms with Crippen LogP contribution >= 0.6 is 0 Å². The fraction of sp³-hybridized carbons (Fsp3) is 1.00. The third kappa shape index (κ3) is 3.76. The maximum absolute atomic E-state index is 5.52. The molecule has 0 aromatic rings. The van der Waals surface area contributed by atoms with E-state index in [1.807, 2.05) is 0 Å². The normalized spacial score (nSPS) is 16.9. The van der Waals surface area contributed by atoms with Gasteiger partial charge in [0, 0.05) is 0 Å². The maximum Gasteiger partial charge on any atom is -0.00746 e. The smallest absolute Gasteiger partial charge is 0.00746 e. The largest absolute Gasteiger partial charge is 0.330 e. The number of rotatable bonds is 5. The van der Waals surface area contributed by atoms with E-state index in [1.54, 1.807) is 0 Å². The van der Waals surface area contributed by atoms with Crippen molar-refractivity contribution in [3.63, 3.8) is 0 Å². The predicted molar refractivity (Wildman–Crippen MR) is 51.5 cm³/mol. The summed E-state index contributed by atoms with van der Waals surface area (Å²) in [5.74, 6) is 2.46. The van der Waals surface area contributed by atoms with Gasteiger partial charge in [0.2, 0.25) is 0 Å². The summed E-state index contributed by atoms with van der Waals surface area (Å²) in [6, 6.07) is 0. The van der Waals surface area contributed by atoms with Crippen LogP contribution in [0.1, 0.15) is 40.5 Å². The molecule has 0 aliphatic heterocycles. The van der Waals surface area contributed by atoms with Crippen LogP contribution in [0.15, 0.2) is 0 Å². The zero-order valence-electron chi connectivity index (χ0n) is 8.43. The average Bonchev–Trinajstić information content (AvgIpc) is 1.88. The van der Waals surface area contributed by atoms with Crippen molar-refractivity contribution in [2.45, 2.75) is 40.5 Å². The van der Waals surface area contributed by atoms with Crippen LogP contribution in [0, 0.1) is 17.8 Å². The van der Waals surface area contributed by atoms with Gasteiger partial charge in [-0.05, 0) is 30.7 Å². The van der Waals surface area contributed by atoms with E-state index in [-0.39, 0.29) is 0 Å². The molecule has 11 heavy (non-hydrogen) atoms. The summed E-state index contributed by atoms with van der Waals surface area (Å²) in [6.45, 7) is 10.0. The molecule has 0 fully saturated rings. The van der Waals surface area contributed by atoms with Crippen LogP contribution in [0.5, 0.6) is 0 Å². The van der Waals surface area contributed by atoms with Crippen molar-refractivity contribution in [3.8, 4) is 0 Å². The average molecular weight is 157 g/mol. The van der Waals surface area contributed by atoms with Crippen LogP contribution in [0.25, 0.3) is 0 Å². The molecule has 1 nitrogen and oxygen atoms in total. The second-order valence-electron chi connectivity index (χ2n) is 3.87. The van der Waals surface area contributed by atoms with E-state index in [4.69, 9.17) is 5.73 Å². The van der Waals surface area contributed by atoms with Crippen molar-refractivity contribution in [1.29, 1.82) is 0 Å². The highest BCUT2D eigenvalue weighted by molar-refractivity contribution is 4.68. The van der Waals surface area contributed by atoms with E-state index in [0.717, 1.165) is 24.3 Å². The van der Waals surface area contributed by atoms with Gasteiger partial charge in [0.25, 0.3) is 0 Å². The van der Waals surface area contributed by atoms with Crippen molar-refractivity contribution in [3.05, 3.63) is 0 Å². The minimum absolute atomic E-state index is 0.796. The minimum atomic E-state index is 0.796. The summed E-state index contributed by atoms with van der Waals surface area (Å²) in [5, 5.41) is 0. The molecule has 0 saturated heterocycles. The molecule has 0 amide bonds. The summed E-state index contributed by atoms with van der Waals surface area (Å²) >= 11 is 0. The van der Waals surface area contributed by atoms with Crippen LogP contribution < -0.4 is 5.73 Å². The van der Waals surface area contributed by atoms with Crippen molar-refractivity contribution >= 4 is 0 Å². The minimum Gasteiger partial charge on any atom is -0.330 e. The highest BCUT2D eigenvalue weighted by Crippen LogP contribution is 2.25. The zero-order valence-corrected chi connectivity index (χ0v) is 8.43. The first-order valence-corrected chi connectivity index (χ1v) is 4.83. The second-order valence-corrected chi connectivity index (χ2v) is 3.87. The zero-order chi connectivity index (χ0) is 8.85. The van der Waals surface area contributed by atoms with Gasteiger partial charge >= 0.3 is 0 Å². The second kappa shape index (κ2) is 5.59. The molecule has 2 N–H and O–H groups in total. The van der Waals surface area contributed by atoms with E-state index >= 15 is 0 Å². The highest BCUT2D eigenvalue weighted by atomic mass is 14.5. The van der Waals surface area contributed by atoms with Gasteiger partial charge in [-0.1, -0.05) is 34.1 Å². The van der Waals surface area contributed by atoms with Crippen LogP contribution in [-0.2, 0) is 0 Å². The number of nitrogens with two attached hydrogens (primary N) is 1. The highest BCUT2D eigenvalue weighted by Gasteiger charge is 2.17. The number of hydrogen-bond donors (Lipinski definition) is 1. The van der Waals surface area contributed by atoms with Crippen molar-refractivity contribution in [2.75, 3.05) is 6.54 Å². The van der Waals surface area contributed by atoms with Crippen LogP contribution in [0.2, 0.25) is 0 Å². The quantitative estimate of drug-likeness (QED) is 0.652. The first kappa shape index (κ1) is 11.0. The lowest BCUT2D eigenvalue weighted by Gasteiger charge is -2.25. The SMILES string of the molecule is CCC(C(C)C)C(C)CCN. The lowest BCUT2D eigenvalue weighted by Crippen LogP contribution is -2.19. The molecule has 0 aromatic carbocycles. The fourth-order valence-corrected chi connectivity index (χ4v) is 2.01. The van der Waals surface area contributed by atoms with Gasteiger partial charge < -0.3 is 5.73 Å². The molecule has 0 aliphatic carbocycles. The maximum atomic E-state index is 5.52. The molecule has 1 heteroatoms. The molecule has 0 aliphatic rings. The molecule has 0 saturated carbocycles. The van der Waals surface area contributed by atoms with E-state index in [0.29, 0.717) is 0 Å². The first-order valence-electron chi connectivity index (χ1n) is 4.83. The Morgan fingerprint density at radius 2 is 1.73 bits per heavy atom. The molecular weight excluding hydrogens is 134 g/mol. The van der Waals surface area contributed by atoms with Crippen molar-refractivity contribution in [1.82, 2.24) is 0 Å². The van der Waals surface area contributed by atoms with Gasteiger partial charge in [-0.3, -0.25) is 0 Å². The predicted octanol–water partition coefficient (Wildman–Crippen LogP) is 2.65. The summed E-state index contributed by atoms with van der Waals surface area (Å²) in [6.07, 6.45) is 2.47. The summed E-state index contributed by atoms with van der Waals surface area (Å²) in [5.41, 5.74) is 5.52. The first-order chi connectivity index (χ1) is 5.13. The van der Waals surface area contributed by atoms with Crippen LogP contribution in [-0.4, -0.2) is 6.54 Å². The molecule has 0 spiro atoms. The van der Waals surface area contributed by atoms with Crippen LogP contribution in [0.3, 0.4) is 0 Å². The third-order valence-corrected chi connectivity index (χ3v) is 2.68. The Balaban J connectivity index is 3.81. The Morgan fingerprint density at radius 1 is 1.18 bits per heavy atom. The Bertz CT molecular complexity index is 88.9. The summed E-state index contributed by atoms with van der Waals surface area (Å²) in [7, 11) is 0. The van der Waals surface area contributed by atoms with Gasteiger partial charge in [-0.15, -0.1) is 0 Å². The Kier molecular flexibility index (Phi) is 5.57. The van der Waals surface area contributed by atoms with Crippen molar-refractivity contribution < 1.29 is 0 Å². The molecular formula is C10H23N. The molecule has 68 valence electrons. The summed E-state index contributed by atoms with van der Waals surface area (Å²) in [4.78, 5) is 0. The van der Waals surface area contributed by atoms with Crippen molar-refractivity contribution in [2.24, 2.45) is 23.5 Å². The van der Waals surface area contributed by atoms with E-state index in [1.165, 1.54) is 12.8 Å². The van der Waals surface area contributed by atoms with Crippen LogP contribution in [0.4, 0.5) is 0 Å². The Labute approximate surface area is 71.4 Å². The molecule has 2 atom stereocenters. The number of hydrogen-bond acceptors (Lipinski definition) is 1. The fourth-order valence-electron chi connectivity index (χ4n) is 2.01. The van der Waals surface area contributed by atoms with Gasteiger partial charge in [0.15, 0.2) is 0 Å². The monoisotopic (exact) mass is 157 g/mol. The molecule has 0 rings (SSSR count). The lowest BCUT2D eigenvalue weighted by molar-refractivity contribution is 0.252. The molecule has 0 heterocycles. The van der Waals surface area contributed by atoms with Gasteiger partial charge in [0.1, 0.15) is 0 Å². The van der Waals surface area contributed by atoms with E-state index in [2.05, 4.69) is 27.7 Å². The molecule has 0 radical (unpaired) electrons. The molecule has 0 bridgehead atoms. The molecule has 2 unspecified atom stereocenters. The van der Waals surface area contributed by atoms with Gasteiger partial charge in [-0.2, -0.15) is 0 Å². The van der Waals surface area contributed by atoms with Gasteiger partial charge in [0.05, 0.1) is 0 Å². The third-order valence-electron chi connectivity index (χ3n) is 2.68. The Hall–Kier alpha value is -0.0400. The topological polar surface area (TPSA) is 26.0 Å². The van der Waals surface area contributed by atoms with E-state index < -0.39 is 0 Å². The molecule has 0 aromatic heterocycles. The standard InChI is InChI=1S/C10H23N/c1-5-10(8(2)3)9(4)6-7-11/h8-10H,5-7,11H2,1-4H3. The lowest BCUT2D eigenvalue weighted by atomic mass is 9.81.